The van der Waals surface area contributed by atoms with Gasteiger partial charge in [-0.05, 0) is 55.7 Å². The van der Waals surface area contributed by atoms with E-state index in [4.69, 9.17) is 9.47 Å². The van der Waals surface area contributed by atoms with Gasteiger partial charge >= 0.3 is 0 Å². The van der Waals surface area contributed by atoms with Crippen molar-refractivity contribution in [2.45, 2.75) is 45.3 Å². The van der Waals surface area contributed by atoms with Crippen LogP contribution in [0.2, 0.25) is 0 Å². The van der Waals surface area contributed by atoms with Gasteiger partial charge in [0.2, 0.25) is 0 Å². The highest BCUT2D eigenvalue weighted by Crippen LogP contribution is 2.42. The van der Waals surface area contributed by atoms with E-state index in [2.05, 4.69) is 30.9 Å². The third-order valence-electron chi connectivity index (χ3n) is 5.82. The summed E-state index contributed by atoms with van der Waals surface area (Å²) < 4.78 is 11.0. The number of hydrogen-bond acceptors (Lipinski definition) is 4. The van der Waals surface area contributed by atoms with E-state index in [0.29, 0.717) is 29.7 Å². The second-order valence-corrected chi connectivity index (χ2v) is 7.75. The van der Waals surface area contributed by atoms with Gasteiger partial charge in [-0.25, -0.2) is 0 Å². The maximum atomic E-state index is 10.6. The van der Waals surface area contributed by atoms with Crippen molar-refractivity contribution in [2.24, 2.45) is 23.7 Å². The number of nitrogens with zero attached hydrogens (tertiary/aromatic N) is 1. The molecule has 2 fully saturated rings. The van der Waals surface area contributed by atoms with E-state index in [1.165, 1.54) is 0 Å². The van der Waals surface area contributed by atoms with Crippen molar-refractivity contribution in [1.82, 2.24) is 4.90 Å². The van der Waals surface area contributed by atoms with Gasteiger partial charge in [0.1, 0.15) is 0 Å². The summed E-state index contributed by atoms with van der Waals surface area (Å²) in [5.41, 5.74) is 0. The molecule has 2 aliphatic heterocycles. The Morgan fingerprint density at radius 1 is 1.22 bits per heavy atom. The molecule has 5 atom stereocenters. The van der Waals surface area contributed by atoms with Crippen LogP contribution < -0.4 is 0 Å². The molecule has 2 saturated heterocycles. The average molecular weight is 321 g/mol. The minimum Gasteiger partial charge on any atom is -0.493 e. The molecule has 2 heterocycles. The van der Waals surface area contributed by atoms with Crippen LogP contribution in [0.1, 0.15) is 33.1 Å². The van der Waals surface area contributed by atoms with Gasteiger partial charge in [0.05, 0.1) is 20.3 Å². The van der Waals surface area contributed by atoms with Crippen LogP contribution >= 0.6 is 0 Å². The second-order valence-electron chi connectivity index (χ2n) is 7.75. The Hall–Kier alpha value is -1.00. The molecule has 0 bridgehead atoms. The lowest BCUT2D eigenvalue weighted by Crippen LogP contribution is -2.57. The Kier molecular flexibility index (Phi) is 5.02. The van der Waals surface area contributed by atoms with Crippen LogP contribution in [0, 0.1) is 23.7 Å². The van der Waals surface area contributed by atoms with E-state index in [1.54, 1.807) is 14.2 Å². The predicted octanol–water partition coefficient (Wildman–Crippen LogP) is 2.79. The van der Waals surface area contributed by atoms with E-state index in [-0.39, 0.29) is 6.10 Å². The van der Waals surface area contributed by atoms with Crippen LogP contribution in [0.4, 0.5) is 0 Å². The number of aliphatic hydroxyl groups excluding tert-OH is 1. The van der Waals surface area contributed by atoms with Gasteiger partial charge in [0, 0.05) is 18.5 Å². The van der Waals surface area contributed by atoms with Gasteiger partial charge in [0.15, 0.2) is 11.5 Å². The zero-order valence-corrected chi connectivity index (χ0v) is 14.9. The minimum atomic E-state index is -0.176. The first-order valence-electron chi connectivity index (χ1n) is 8.97. The molecule has 1 aliphatic carbocycles. The molecule has 0 spiro atoms. The number of allylic oxidation sites excluding steroid dienone is 1. The lowest BCUT2D eigenvalue weighted by molar-refractivity contribution is -0.0501. The zero-order valence-electron chi connectivity index (χ0n) is 14.9. The number of rotatable bonds is 4. The van der Waals surface area contributed by atoms with Gasteiger partial charge in [-0.2, -0.15) is 0 Å². The molecule has 0 aromatic rings. The highest BCUT2D eigenvalue weighted by Gasteiger charge is 2.44. The predicted molar refractivity (Wildman–Crippen MR) is 90.7 cm³/mol. The molecule has 3 aliphatic rings. The normalized spacial score (nSPS) is 37.6. The summed E-state index contributed by atoms with van der Waals surface area (Å²) in [5, 5.41) is 10.6. The molecule has 4 heteroatoms. The fraction of sp³-hybridized carbons (Fsp3) is 0.789. The van der Waals surface area contributed by atoms with Crippen LogP contribution in [-0.4, -0.2) is 49.5 Å². The van der Waals surface area contributed by atoms with Gasteiger partial charge in [-0.1, -0.05) is 13.8 Å². The molecule has 0 aromatic carbocycles. The van der Waals surface area contributed by atoms with Crippen molar-refractivity contribution in [3.05, 3.63) is 23.7 Å². The van der Waals surface area contributed by atoms with Gasteiger partial charge in [0.25, 0.3) is 0 Å². The number of aliphatic hydroxyl groups is 1. The largest absolute Gasteiger partial charge is 0.493 e. The Morgan fingerprint density at radius 3 is 2.57 bits per heavy atom. The number of hydrogen-bond donors (Lipinski definition) is 1. The Bertz CT molecular complexity index is 485. The van der Waals surface area contributed by atoms with Crippen LogP contribution in [0.25, 0.3) is 0 Å². The zero-order chi connectivity index (χ0) is 16.6. The molecular weight excluding hydrogens is 290 g/mol. The summed E-state index contributed by atoms with van der Waals surface area (Å²) in [4.78, 5) is 2.61. The van der Waals surface area contributed by atoms with E-state index in [9.17, 15) is 5.11 Å². The first kappa shape index (κ1) is 16.8. The Labute approximate surface area is 140 Å². The Balaban J connectivity index is 1.77. The third kappa shape index (κ3) is 3.29. The molecule has 0 radical (unpaired) electrons. The summed E-state index contributed by atoms with van der Waals surface area (Å²) >= 11 is 0. The lowest BCUT2D eigenvalue weighted by Gasteiger charge is -2.51. The second kappa shape index (κ2) is 6.86. The van der Waals surface area contributed by atoms with Crippen LogP contribution in [0.5, 0.6) is 0 Å². The summed E-state index contributed by atoms with van der Waals surface area (Å²) in [6.07, 6.45) is 7.44. The molecule has 23 heavy (non-hydrogen) atoms. The fourth-order valence-electron chi connectivity index (χ4n) is 4.73. The highest BCUT2D eigenvalue weighted by atomic mass is 16.5. The number of fused-ring (bicyclic) bond motifs is 3. The SMILES string of the molecule is COC1=CC2CCN3C[C@@H](CC(C)C)[C@H](O)C[C@@H]3C2C=C1OC. The monoisotopic (exact) mass is 321 g/mol. The molecule has 4 nitrogen and oxygen atoms in total. The van der Waals surface area contributed by atoms with Crippen LogP contribution in [0.3, 0.4) is 0 Å². The summed E-state index contributed by atoms with van der Waals surface area (Å²) in [6.45, 7) is 6.65. The smallest absolute Gasteiger partial charge is 0.156 e. The topological polar surface area (TPSA) is 41.9 Å². The third-order valence-corrected chi connectivity index (χ3v) is 5.82. The molecular formula is C19H31NO3. The van der Waals surface area contributed by atoms with E-state index in [1.807, 2.05) is 0 Å². The first-order chi connectivity index (χ1) is 11.0. The van der Waals surface area contributed by atoms with Gasteiger partial charge in [-0.15, -0.1) is 0 Å². The fourth-order valence-corrected chi connectivity index (χ4v) is 4.73. The molecule has 0 saturated carbocycles. The van der Waals surface area contributed by atoms with Gasteiger partial charge < -0.3 is 14.6 Å². The summed E-state index contributed by atoms with van der Waals surface area (Å²) in [7, 11) is 3.41. The number of ether oxygens (including phenoxy) is 2. The molecule has 130 valence electrons. The molecule has 0 amide bonds. The average Bonchev–Trinajstić information content (AvgIpc) is 2.53. The highest BCUT2D eigenvalue weighted by molar-refractivity contribution is 5.29. The van der Waals surface area contributed by atoms with E-state index in [0.717, 1.165) is 43.9 Å². The van der Waals surface area contributed by atoms with Crippen molar-refractivity contribution in [3.63, 3.8) is 0 Å². The maximum absolute atomic E-state index is 10.6. The minimum absolute atomic E-state index is 0.176. The van der Waals surface area contributed by atoms with Crippen molar-refractivity contribution in [1.29, 1.82) is 0 Å². The maximum Gasteiger partial charge on any atom is 0.156 e. The standard InChI is InChI=1S/C19H31NO3/c1-12(2)7-14-11-20-6-5-13-8-18(22-3)19(23-4)9-15(13)16(20)10-17(14)21/h8-9,12-17,21H,5-7,10-11H2,1-4H3/t13?,14-,15?,16-,17-/m1/s1. The number of methoxy groups -OCH3 is 2. The molecule has 0 aromatic heterocycles. The summed E-state index contributed by atoms with van der Waals surface area (Å²) in [5.74, 6) is 3.68. The quantitative estimate of drug-likeness (QED) is 0.864. The van der Waals surface area contributed by atoms with Crippen LogP contribution in [0.15, 0.2) is 23.7 Å². The Morgan fingerprint density at radius 2 is 1.91 bits per heavy atom. The summed E-state index contributed by atoms with van der Waals surface area (Å²) in [6, 6.07) is 0.423. The van der Waals surface area contributed by atoms with Gasteiger partial charge in [-0.3, -0.25) is 4.90 Å². The van der Waals surface area contributed by atoms with Crippen molar-refractivity contribution < 1.29 is 14.6 Å². The first-order valence-corrected chi connectivity index (χ1v) is 8.97. The van der Waals surface area contributed by atoms with Crippen molar-refractivity contribution >= 4 is 0 Å². The molecule has 2 unspecified atom stereocenters. The van der Waals surface area contributed by atoms with Crippen LogP contribution in [-0.2, 0) is 9.47 Å². The van der Waals surface area contributed by atoms with E-state index >= 15 is 0 Å². The lowest BCUT2D eigenvalue weighted by atomic mass is 9.71. The molecule has 3 rings (SSSR count). The van der Waals surface area contributed by atoms with E-state index < -0.39 is 0 Å². The van der Waals surface area contributed by atoms with Crippen molar-refractivity contribution in [3.8, 4) is 0 Å². The number of piperidine rings is 2. The molecule has 1 N–H and O–H groups in total. The van der Waals surface area contributed by atoms with Crippen molar-refractivity contribution in [2.75, 3.05) is 27.3 Å².